The fourth-order valence-corrected chi connectivity index (χ4v) is 1.62. The SMILES string of the molecule is Nc1ccc2nc3[nH]c(=O)[nH]c(=O)c3nc2c1. The molecule has 0 amide bonds. The van der Waals surface area contributed by atoms with Gasteiger partial charge in [-0.2, -0.15) is 0 Å². The molecule has 2 heterocycles. The summed E-state index contributed by atoms with van der Waals surface area (Å²) in [5.41, 5.74) is 6.30. The molecule has 7 nitrogen and oxygen atoms in total. The molecule has 3 aromatic rings. The molecule has 7 heteroatoms. The first-order valence-electron chi connectivity index (χ1n) is 4.83. The Kier molecular flexibility index (Phi) is 1.76. The molecule has 0 atom stereocenters. The first kappa shape index (κ1) is 9.52. The van der Waals surface area contributed by atoms with E-state index in [2.05, 4.69) is 19.9 Å². The Balaban J connectivity index is 2.56. The van der Waals surface area contributed by atoms with E-state index in [9.17, 15) is 9.59 Å². The van der Waals surface area contributed by atoms with Crippen LogP contribution >= 0.6 is 0 Å². The number of H-pyrrole nitrogens is 2. The molecule has 2 aromatic heterocycles. The van der Waals surface area contributed by atoms with Crippen LogP contribution in [0.5, 0.6) is 0 Å². The van der Waals surface area contributed by atoms with Crippen molar-refractivity contribution in [1.29, 1.82) is 0 Å². The third kappa shape index (κ3) is 1.44. The standard InChI is InChI=1S/C10H7N5O2/c11-4-1-2-5-6(3-4)12-7-8(13-5)14-10(17)15-9(7)16/h1-3H,11H2,(H2,13,14,15,16,17). The third-order valence-electron chi connectivity index (χ3n) is 2.36. The van der Waals surface area contributed by atoms with E-state index in [-0.39, 0.29) is 11.2 Å². The van der Waals surface area contributed by atoms with Gasteiger partial charge in [-0.15, -0.1) is 0 Å². The van der Waals surface area contributed by atoms with Gasteiger partial charge in [0.25, 0.3) is 5.56 Å². The molecule has 0 radical (unpaired) electrons. The summed E-state index contributed by atoms with van der Waals surface area (Å²) in [6.07, 6.45) is 0. The number of aromatic amines is 2. The van der Waals surface area contributed by atoms with E-state index in [4.69, 9.17) is 5.73 Å². The van der Waals surface area contributed by atoms with Crippen LogP contribution in [0.15, 0.2) is 27.8 Å². The Morgan fingerprint density at radius 2 is 1.88 bits per heavy atom. The van der Waals surface area contributed by atoms with Crippen molar-refractivity contribution < 1.29 is 0 Å². The summed E-state index contributed by atoms with van der Waals surface area (Å²) in [4.78, 5) is 35.4. The highest BCUT2D eigenvalue weighted by molar-refractivity contribution is 5.85. The second-order valence-corrected chi connectivity index (χ2v) is 3.58. The highest BCUT2D eigenvalue weighted by Gasteiger charge is 2.06. The zero-order valence-corrected chi connectivity index (χ0v) is 8.52. The van der Waals surface area contributed by atoms with Crippen LogP contribution in [0.2, 0.25) is 0 Å². The van der Waals surface area contributed by atoms with Crippen LogP contribution in [0.3, 0.4) is 0 Å². The number of nitrogens with one attached hydrogen (secondary N) is 2. The Morgan fingerprint density at radius 1 is 1.06 bits per heavy atom. The van der Waals surface area contributed by atoms with Gasteiger partial charge in [0.1, 0.15) is 0 Å². The number of fused-ring (bicyclic) bond motifs is 2. The fourth-order valence-electron chi connectivity index (χ4n) is 1.62. The van der Waals surface area contributed by atoms with E-state index in [0.29, 0.717) is 16.7 Å². The van der Waals surface area contributed by atoms with Gasteiger partial charge in [0.05, 0.1) is 11.0 Å². The summed E-state index contributed by atoms with van der Waals surface area (Å²) >= 11 is 0. The minimum atomic E-state index is -0.605. The Morgan fingerprint density at radius 3 is 2.71 bits per heavy atom. The molecule has 0 fully saturated rings. The molecule has 17 heavy (non-hydrogen) atoms. The lowest BCUT2D eigenvalue weighted by molar-refractivity contribution is 1.05. The van der Waals surface area contributed by atoms with Crippen molar-refractivity contribution in [2.24, 2.45) is 0 Å². The average Bonchev–Trinajstić information content (AvgIpc) is 2.27. The van der Waals surface area contributed by atoms with Crippen LogP contribution in [-0.2, 0) is 0 Å². The summed E-state index contributed by atoms with van der Waals surface area (Å²) in [5, 5.41) is 0. The number of rotatable bonds is 0. The van der Waals surface area contributed by atoms with Crippen LogP contribution < -0.4 is 17.0 Å². The summed E-state index contributed by atoms with van der Waals surface area (Å²) in [5.74, 6) is 0. The number of nitrogen functional groups attached to an aromatic ring is 1. The fraction of sp³-hybridized carbons (Fsp3) is 0. The zero-order chi connectivity index (χ0) is 12.0. The molecular formula is C10H7N5O2. The van der Waals surface area contributed by atoms with Crippen molar-refractivity contribution in [3.05, 3.63) is 39.0 Å². The number of aromatic nitrogens is 4. The van der Waals surface area contributed by atoms with Gasteiger partial charge >= 0.3 is 5.69 Å². The lowest BCUT2D eigenvalue weighted by Crippen LogP contribution is -2.23. The van der Waals surface area contributed by atoms with Crippen LogP contribution in [0.4, 0.5) is 5.69 Å². The van der Waals surface area contributed by atoms with Crippen LogP contribution in [0.1, 0.15) is 0 Å². The second kappa shape index (κ2) is 3.14. The normalized spacial score (nSPS) is 11.1. The number of anilines is 1. The molecule has 0 bridgehead atoms. The Hall–Kier alpha value is -2.70. The van der Waals surface area contributed by atoms with E-state index in [0.717, 1.165) is 0 Å². The Labute approximate surface area is 93.3 Å². The lowest BCUT2D eigenvalue weighted by atomic mass is 10.2. The average molecular weight is 229 g/mol. The van der Waals surface area contributed by atoms with Gasteiger partial charge in [-0.1, -0.05) is 0 Å². The van der Waals surface area contributed by atoms with Gasteiger partial charge in [-0.25, -0.2) is 14.8 Å². The topological polar surface area (TPSA) is 118 Å². The molecule has 0 aliphatic heterocycles. The molecule has 0 spiro atoms. The molecular weight excluding hydrogens is 222 g/mol. The van der Waals surface area contributed by atoms with Crippen molar-refractivity contribution >= 4 is 27.9 Å². The van der Waals surface area contributed by atoms with E-state index in [1.54, 1.807) is 18.2 Å². The van der Waals surface area contributed by atoms with Crippen molar-refractivity contribution in [3.63, 3.8) is 0 Å². The molecule has 3 rings (SSSR count). The van der Waals surface area contributed by atoms with Crippen LogP contribution in [0, 0.1) is 0 Å². The van der Waals surface area contributed by atoms with Crippen molar-refractivity contribution in [1.82, 2.24) is 19.9 Å². The van der Waals surface area contributed by atoms with Gasteiger partial charge in [-0.05, 0) is 18.2 Å². The Bertz CT molecular complexity index is 849. The molecule has 0 aliphatic rings. The number of hydrogen-bond donors (Lipinski definition) is 3. The zero-order valence-electron chi connectivity index (χ0n) is 8.52. The molecule has 4 N–H and O–H groups in total. The van der Waals surface area contributed by atoms with E-state index >= 15 is 0 Å². The monoisotopic (exact) mass is 229 g/mol. The van der Waals surface area contributed by atoms with Crippen molar-refractivity contribution in [2.45, 2.75) is 0 Å². The van der Waals surface area contributed by atoms with Gasteiger partial charge < -0.3 is 5.73 Å². The lowest BCUT2D eigenvalue weighted by Gasteiger charge is -2.00. The molecule has 0 saturated heterocycles. The number of hydrogen-bond acceptors (Lipinski definition) is 5. The van der Waals surface area contributed by atoms with Gasteiger partial charge in [0, 0.05) is 5.69 Å². The van der Waals surface area contributed by atoms with Crippen molar-refractivity contribution in [2.75, 3.05) is 5.73 Å². The number of nitrogens with two attached hydrogens (primary N) is 1. The maximum Gasteiger partial charge on any atom is 0.327 e. The second-order valence-electron chi connectivity index (χ2n) is 3.58. The highest BCUT2D eigenvalue weighted by atomic mass is 16.2. The summed E-state index contributed by atoms with van der Waals surface area (Å²) in [6, 6.07) is 4.97. The summed E-state index contributed by atoms with van der Waals surface area (Å²) in [7, 11) is 0. The largest absolute Gasteiger partial charge is 0.399 e. The minimum Gasteiger partial charge on any atom is -0.399 e. The maximum absolute atomic E-state index is 11.5. The van der Waals surface area contributed by atoms with Gasteiger partial charge in [0.15, 0.2) is 11.2 Å². The maximum atomic E-state index is 11.5. The first-order chi connectivity index (χ1) is 8.13. The summed E-state index contributed by atoms with van der Waals surface area (Å²) < 4.78 is 0. The molecule has 0 unspecified atom stereocenters. The predicted octanol–water partition coefficient (Wildman–Crippen LogP) is -0.258. The van der Waals surface area contributed by atoms with Crippen LogP contribution in [0.25, 0.3) is 22.2 Å². The minimum absolute atomic E-state index is 0.0858. The van der Waals surface area contributed by atoms with Crippen LogP contribution in [-0.4, -0.2) is 19.9 Å². The molecule has 1 aromatic carbocycles. The van der Waals surface area contributed by atoms with E-state index in [1.165, 1.54) is 0 Å². The molecule has 0 aliphatic carbocycles. The molecule has 0 saturated carbocycles. The summed E-state index contributed by atoms with van der Waals surface area (Å²) in [6.45, 7) is 0. The quantitative estimate of drug-likeness (QED) is 0.362. The van der Waals surface area contributed by atoms with Crippen molar-refractivity contribution in [3.8, 4) is 0 Å². The van der Waals surface area contributed by atoms with Gasteiger partial charge in [0.2, 0.25) is 0 Å². The highest BCUT2D eigenvalue weighted by Crippen LogP contribution is 2.14. The molecule has 84 valence electrons. The number of benzene rings is 1. The van der Waals surface area contributed by atoms with E-state index < -0.39 is 11.2 Å². The smallest absolute Gasteiger partial charge is 0.327 e. The van der Waals surface area contributed by atoms with Gasteiger partial charge in [-0.3, -0.25) is 14.8 Å². The first-order valence-corrected chi connectivity index (χ1v) is 4.83. The predicted molar refractivity (Wildman–Crippen MR) is 62.7 cm³/mol. The third-order valence-corrected chi connectivity index (χ3v) is 2.36. The van der Waals surface area contributed by atoms with E-state index in [1.807, 2.05) is 0 Å². The number of nitrogens with zero attached hydrogens (tertiary/aromatic N) is 2.